The van der Waals surface area contributed by atoms with Gasteiger partial charge in [0, 0.05) is 13.1 Å². The summed E-state index contributed by atoms with van der Waals surface area (Å²) >= 11 is 0. The molecule has 4 rings (SSSR count). The maximum Gasteiger partial charge on any atom is 0.243 e. The molecule has 10 heteroatoms. The second kappa shape index (κ2) is 10.3. The topological polar surface area (TPSA) is 127 Å². The molecule has 1 amide bonds. The van der Waals surface area contributed by atoms with Crippen molar-refractivity contribution < 1.29 is 21.6 Å². The Hall–Kier alpha value is -3.05. The third kappa shape index (κ3) is 5.79. The van der Waals surface area contributed by atoms with Gasteiger partial charge in [0.25, 0.3) is 0 Å². The first kappa shape index (κ1) is 25.1. The largest absolute Gasteiger partial charge is 0.352 e. The molecule has 0 unspecified atom stereocenters. The van der Waals surface area contributed by atoms with Crippen LogP contribution in [0.2, 0.25) is 0 Å². The molecule has 184 valence electrons. The molecule has 0 aromatic heterocycles. The van der Waals surface area contributed by atoms with Crippen molar-refractivity contribution in [1.29, 1.82) is 0 Å². The standard InChI is InChI=1S/C25H27N3O5S2/c26-34(30,31)22-14-11-19(12-15-22)17-27-25(29)21-13-16-24(20-7-3-1-4-8-20)28(18-21)35(32,33)23-9-5-2-6-10-23/h1-12,14-15,21,24H,13,16-18H2,(H,27,29)(H2,26,30,31)/t21-,24-/m1/s1. The fourth-order valence-electron chi connectivity index (χ4n) is 4.28. The third-order valence-electron chi connectivity index (χ3n) is 6.16. The van der Waals surface area contributed by atoms with Crippen LogP contribution < -0.4 is 10.5 Å². The number of sulfonamides is 2. The molecule has 35 heavy (non-hydrogen) atoms. The van der Waals surface area contributed by atoms with Gasteiger partial charge < -0.3 is 5.32 Å². The van der Waals surface area contributed by atoms with Gasteiger partial charge in [-0.1, -0.05) is 60.7 Å². The van der Waals surface area contributed by atoms with Gasteiger partial charge >= 0.3 is 0 Å². The molecular weight excluding hydrogens is 486 g/mol. The Kier molecular flexibility index (Phi) is 7.36. The zero-order chi connectivity index (χ0) is 25.1. The predicted molar refractivity (Wildman–Crippen MR) is 132 cm³/mol. The minimum atomic E-state index is -3.83. The SMILES string of the molecule is NS(=O)(=O)c1ccc(CNC(=O)[C@@H]2CC[C@H](c3ccccc3)N(S(=O)(=O)c3ccccc3)C2)cc1. The normalized spacial score (nSPS) is 19.2. The molecule has 1 heterocycles. The Balaban J connectivity index is 1.51. The minimum absolute atomic E-state index is 0.00595. The van der Waals surface area contributed by atoms with E-state index in [1.165, 1.54) is 16.4 Å². The zero-order valence-electron chi connectivity index (χ0n) is 18.9. The van der Waals surface area contributed by atoms with E-state index in [-0.39, 0.29) is 34.8 Å². The van der Waals surface area contributed by atoms with Gasteiger partial charge in [-0.2, -0.15) is 4.31 Å². The van der Waals surface area contributed by atoms with E-state index in [1.807, 2.05) is 30.3 Å². The van der Waals surface area contributed by atoms with E-state index in [0.29, 0.717) is 18.4 Å². The number of hydrogen-bond acceptors (Lipinski definition) is 5. The summed E-state index contributed by atoms with van der Waals surface area (Å²) in [7, 11) is -7.62. The van der Waals surface area contributed by atoms with E-state index in [4.69, 9.17) is 5.14 Å². The quantitative estimate of drug-likeness (QED) is 0.502. The number of primary sulfonamides is 1. The lowest BCUT2D eigenvalue weighted by Gasteiger charge is -2.38. The van der Waals surface area contributed by atoms with Crippen molar-refractivity contribution in [3.05, 3.63) is 96.1 Å². The number of rotatable bonds is 7. The Morgan fingerprint density at radius 2 is 1.43 bits per heavy atom. The number of carbonyl (C=O) groups excluding carboxylic acids is 1. The summed E-state index contributed by atoms with van der Waals surface area (Å²) in [6.07, 6.45) is 1.05. The lowest BCUT2D eigenvalue weighted by molar-refractivity contribution is -0.126. The highest BCUT2D eigenvalue weighted by Crippen LogP contribution is 2.37. The maximum atomic E-state index is 13.6. The molecule has 0 aliphatic carbocycles. The number of nitrogens with zero attached hydrogens (tertiary/aromatic N) is 1. The Morgan fingerprint density at radius 1 is 0.829 bits per heavy atom. The monoisotopic (exact) mass is 513 g/mol. The summed E-state index contributed by atoms with van der Waals surface area (Å²) in [4.78, 5) is 13.2. The average molecular weight is 514 g/mol. The smallest absolute Gasteiger partial charge is 0.243 e. The molecule has 1 fully saturated rings. The van der Waals surface area contributed by atoms with Gasteiger partial charge in [-0.3, -0.25) is 4.79 Å². The summed E-state index contributed by atoms with van der Waals surface area (Å²) in [6, 6.07) is 23.3. The lowest BCUT2D eigenvalue weighted by Crippen LogP contribution is -2.46. The number of benzene rings is 3. The van der Waals surface area contributed by atoms with Gasteiger partial charge in [0.15, 0.2) is 0 Å². The Morgan fingerprint density at radius 3 is 2.03 bits per heavy atom. The molecule has 1 saturated heterocycles. The van der Waals surface area contributed by atoms with Gasteiger partial charge in [-0.05, 0) is 48.2 Å². The van der Waals surface area contributed by atoms with E-state index >= 15 is 0 Å². The van der Waals surface area contributed by atoms with Crippen molar-refractivity contribution in [3.63, 3.8) is 0 Å². The molecule has 8 nitrogen and oxygen atoms in total. The molecular formula is C25H27N3O5S2. The fourth-order valence-corrected chi connectivity index (χ4v) is 6.51. The van der Waals surface area contributed by atoms with E-state index in [9.17, 15) is 21.6 Å². The highest BCUT2D eigenvalue weighted by Gasteiger charge is 2.39. The maximum absolute atomic E-state index is 13.6. The van der Waals surface area contributed by atoms with Crippen LogP contribution in [0.1, 0.15) is 30.0 Å². The molecule has 0 saturated carbocycles. The second-order valence-corrected chi connectivity index (χ2v) is 11.9. The number of piperidine rings is 1. The molecule has 1 aliphatic heterocycles. The molecule has 1 aliphatic rings. The third-order valence-corrected chi connectivity index (χ3v) is 8.98. The zero-order valence-corrected chi connectivity index (χ0v) is 20.6. The van der Waals surface area contributed by atoms with Gasteiger partial charge in [-0.25, -0.2) is 22.0 Å². The van der Waals surface area contributed by atoms with E-state index < -0.39 is 26.0 Å². The van der Waals surface area contributed by atoms with Gasteiger partial charge in [0.1, 0.15) is 0 Å². The highest BCUT2D eigenvalue weighted by molar-refractivity contribution is 7.89. The summed E-state index contributed by atoms with van der Waals surface area (Å²) in [5.41, 5.74) is 1.60. The van der Waals surface area contributed by atoms with E-state index in [0.717, 1.165) is 5.56 Å². The van der Waals surface area contributed by atoms with Crippen molar-refractivity contribution in [2.45, 2.75) is 35.2 Å². The average Bonchev–Trinajstić information content (AvgIpc) is 2.87. The number of nitrogens with two attached hydrogens (primary N) is 1. The first-order valence-electron chi connectivity index (χ1n) is 11.2. The lowest BCUT2D eigenvalue weighted by atomic mass is 9.90. The number of amides is 1. The van der Waals surface area contributed by atoms with Crippen LogP contribution in [0.5, 0.6) is 0 Å². The Labute approximate surface area is 205 Å². The first-order chi connectivity index (χ1) is 16.7. The van der Waals surface area contributed by atoms with Gasteiger partial charge in [-0.15, -0.1) is 0 Å². The van der Waals surface area contributed by atoms with Crippen molar-refractivity contribution >= 4 is 26.0 Å². The fraction of sp³-hybridized carbons (Fsp3) is 0.240. The molecule has 3 aromatic carbocycles. The molecule has 3 N–H and O–H groups in total. The summed E-state index contributed by atoms with van der Waals surface area (Å²) < 4.78 is 51.4. The molecule has 2 atom stereocenters. The summed E-state index contributed by atoms with van der Waals surface area (Å²) in [5.74, 6) is -0.766. The summed E-state index contributed by atoms with van der Waals surface area (Å²) in [5, 5.41) is 7.97. The first-order valence-corrected chi connectivity index (χ1v) is 14.2. The van der Waals surface area contributed by atoms with Crippen LogP contribution in [-0.4, -0.2) is 33.6 Å². The van der Waals surface area contributed by atoms with Crippen LogP contribution in [0.4, 0.5) is 0 Å². The van der Waals surface area contributed by atoms with Crippen molar-refractivity contribution in [2.75, 3.05) is 6.54 Å². The van der Waals surface area contributed by atoms with Crippen LogP contribution in [0, 0.1) is 5.92 Å². The van der Waals surface area contributed by atoms with Crippen molar-refractivity contribution in [3.8, 4) is 0 Å². The second-order valence-electron chi connectivity index (χ2n) is 8.50. The van der Waals surface area contributed by atoms with Crippen molar-refractivity contribution in [2.24, 2.45) is 11.1 Å². The molecule has 0 spiro atoms. The van der Waals surface area contributed by atoms with Crippen LogP contribution in [0.25, 0.3) is 0 Å². The number of carbonyl (C=O) groups is 1. The minimum Gasteiger partial charge on any atom is -0.352 e. The van der Waals surface area contributed by atoms with E-state index in [2.05, 4.69) is 5.32 Å². The van der Waals surface area contributed by atoms with Crippen LogP contribution in [-0.2, 0) is 31.4 Å². The van der Waals surface area contributed by atoms with Crippen LogP contribution in [0.3, 0.4) is 0 Å². The number of nitrogens with one attached hydrogen (secondary N) is 1. The molecule has 0 radical (unpaired) electrons. The van der Waals surface area contributed by atoms with Gasteiger partial charge in [0.2, 0.25) is 26.0 Å². The summed E-state index contributed by atoms with van der Waals surface area (Å²) in [6.45, 7) is 0.251. The van der Waals surface area contributed by atoms with E-state index in [1.54, 1.807) is 42.5 Å². The van der Waals surface area contributed by atoms with Crippen LogP contribution in [0.15, 0.2) is 94.7 Å². The predicted octanol–water partition coefficient (Wildman–Crippen LogP) is 2.79. The van der Waals surface area contributed by atoms with Crippen LogP contribution >= 0.6 is 0 Å². The number of hydrogen-bond donors (Lipinski definition) is 2. The Bertz CT molecular complexity index is 1380. The highest BCUT2D eigenvalue weighted by atomic mass is 32.2. The van der Waals surface area contributed by atoms with Crippen molar-refractivity contribution in [1.82, 2.24) is 9.62 Å². The molecule has 3 aromatic rings. The molecule has 0 bridgehead atoms. The van der Waals surface area contributed by atoms with Gasteiger partial charge in [0.05, 0.1) is 21.8 Å².